The number of sulfone groups is 1. The fourth-order valence-electron chi connectivity index (χ4n) is 1.70. The molecule has 1 aromatic rings. The number of hydrogen-bond acceptors (Lipinski definition) is 5. The average molecular weight is 314 g/mol. The van der Waals surface area contributed by atoms with Crippen LogP contribution >= 0.6 is 0 Å². The molecule has 0 saturated heterocycles. The predicted octanol–water partition coefficient (Wildman–Crippen LogP) is 2.59. The van der Waals surface area contributed by atoms with Crippen molar-refractivity contribution in [3.8, 4) is 5.75 Å². The van der Waals surface area contributed by atoms with Crippen LogP contribution in [0.3, 0.4) is 0 Å². The highest BCUT2D eigenvalue weighted by molar-refractivity contribution is 7.92. The molecule has 1 rings (SSSR count). The maximum atomic E-state index is 11.9. The van der Waals surface area contributed by atoms with E-state index in [9.17, 15) is 13.2 Å². The van der Waals surface area contributed by atoms with Gasteiger partial charge in [-0.05, 0) is 44.5 Å². The van der Waals surface area contributed by atoms with Gasteiger partial charge in [0, 0.05) is 0 Å². The lowest BCUT2D eigenvalue weighted by Crippen LogP contribution is -2.17. The summed E-state index contributed by atoms with van der Waals surface area (Å²) >= 11 is 0. The normalized spacial score (nSPS) is 12.9. The van der Waals surface area contributed by atoms with Crippen molar-refractivity contribution in [2.45, 2.75) is 44.8 Å². The van der Waals surface area contributed by atoms with E-state index in [0.717, 1.165) is 12.8 Å². The van der Waals surface area contributed by atoms with Crippen molar-refractivity contribution >= 4 is 15.6 Å². The first kappa shape index (κ1) is 17.7. The lowest BCUT2D eigenvalue weighted by molar-refractivity contribution is -0.114. The van der Waals surface area contributed by atoms with Crippen LogP contribution in [0.5, 0.6) is 5.75 Å². The van der Waals surface area contributed by atoms with Crippen LogP contribution in [0.4, 0.5) is 0 Å². The molecule has 1 unspecified atom stereocenters. The Morgan fingerprint density at radius 1 is 1.24 bits per heavy atom. The quantitative estimate of drug-likeness (QED) is 0.517. The van der Waals surface area contributed by atoms with Crippen molar-refractivity contribution in [3.05, 3.63) is 24.3 Å². The van der Waals surface area contributed by atoms with Crippen molar-refractivity contribution in [3.63, 3.8) is 0 Å². The summed E-state index contributed by atoms with van der Waals surface area (Å²) in [5, 5.41) is 0. The smallest absolute Gasteiger partial charge is 0.196 e. The molecule has 6 heteroatoms. The zero-order valence-corrected chi connectivity index (χ0v) is 13.5. The number of carbonyl (C=O) groups is 1. The van der Waals surface area contributed by atoms with Crippen molar-refractivity contribution in [1.82, 2.24) is 0 Å². The van der Waals surface area contributed by atoms with Crippen molar-refractivity contribution in [1.29, 1.82) is 0 Å². The van der Waals surface area contributed by atoms with Gasteiger partial charge in [0.2, 0.25) is 0 Å². The molecule has 0 aliphatic carbocycles. The predicted molar refractivity (Wildman–Crippen MR) is 80.1 cm³/mol. The van der Waals surface area contributed by atoms with Gasteiger partial charge in [0.1, 0.15) is 17.3 Å². The molecule has 1 atom stereocenters. The minimum absolute atomic E-state index is 0.115. The van der Waals surface area contributed by atoms with Gasteiger partial charge in [0.15, 0.2) is 16.1 Å². The van der Waals surface area contributed by atoms with Gasteiger partial charge in [-0.1, -0.05) is 13.3 Å². The van der Waals surface area contributed by atoms with Crippen molar-refractivity contribution < 1.29 is 22.7 Å². The van der Waals surface area contributed by atoms with E-state index in [4.69, 9.17) is 9.47 Å². The van der Waals surface area contributed by atoms with Gasteiger partial charge in [0.05, 0.1) is 11.5 Å². The Bertz CT molecular complexity index is 548. The fourth-order valence-corrected chi connectivity index (χ4v) is 2.95. The van der Waals surface area contributed by atoms with E-state index >= 15 is 0 Å². The molecule has 0 spiro atoms. The summed E-state index contributed by atoms with van der Waals surface area (Å²) in [6.45, 7) is 5.75. The van der Waals surface area contributed by atoms with Crippen LogP contribution in [-0.4, -0.2) is 32.9 Å². The fraction of sp³-hybridized carbons (Fsp3) is 0.533. The molecule has 0 heterocycles. The molecule has 0 N–H and O–H groups in total. The lowest BCUT2D eigenvalue weighted by Gasteiger charge is -2.15. The Kier molecular flexibility index (Phi) is 6.84. The molecule has 0 fully saturated rings. The number of ketones is 1. The summed E-state index contributed by atoms with van der Waals surface area (Å²) < 4.78 is 34.7. The summed E-state index contributed by atoms with van der Waals surface area (Å²) in [5.41, 5.74) is 0. The largest absolute Gasteiger partial charge is 0.465 e. The van der Waals surface area contributed by atoms with Gasteiger partial charge < -0.3 is 9.47 Å². The van der Waals surface area contributed by atoms with E-state index in [-0.39, 0.29) is 10.7 Å². The third-order valence-corrected chi connectivity index (χ3v) is 4.51. The van der Waals surface area contributed by atoms with Gasteiger partial charge in [-0.3, -0.25) is 4.79 Å². The number of rotatable bonds is 9. The average Bonchev–Trinajstić information content (AvgIpc) is 2.38. The van der Waals surface area contributed by atoms with E-state index in [1.807, 2.05) is 0 Å². The second kappa shape index (κ2) is 8.14. The van der Waals surface area contributed by atoms with Crippen LogP contribution in [0.15, 0.2) is 29.2 Å². The molecular formula is C15H22O5S. The van der Waals surface area contributed by atoms with Crippen LogP contribution < -0.4 is 4.74 Å². The van der Waals surface area contributed by atoms with Gasteiger partial charge >= 0.3 is 0 Å². The van der Waals surface area contributed by atoms with Crippen LogP contribution in [0.2, 0.25) is 0 Å². The Morgan fingerprint density at radius 3 is 2.38 bits per heavy atom. The van der Waals surface area contributed by atoms with Gasteiger partial charge in [-0.15, -0.1) is 0 Å². The monoisotopic (exact) mass is 314 g/mol. The van der Waals surface area contributed by atoms with E-state index in [0.29, 0.717) is 12.4 Å². The first-order chi connectivity index (χ1) is 9.85. The highest BCUT2D eigenvalue weighted by atomic mass is 32.2. The van der Waals surface area contributed by atoms with E-state index in [2.05, 4.69) is 6.92 Å². The number of Topliss-reactive ketones (excluding diaryl/α,β-unsaturated/α-hetero) is 1. The molecule has 0 amide bonds. The molecule has 0 aromatic heterocycles. The number of ether oxygens (including phenoxy) is 2. The maximum Gasteiger partial charge on any atom is 0.196 e. The number of carbonyl (C=O) groups excluding carboxylic acids is 1. The Labute approximate surface area is 126 Å². The minimum Gasteiger partial charge on any atom is -0.465 e. The first-order valence-electron chi connectivity index (χ1n) is 6.95. The van der Waals surface area contributed by atoms with Crippen molar-refractivity contribution in [2.24, 2.45) is 0 Å². The van der Waals surface area contributed by atoms with Gasteiger partial charge in [-0.2, -0.15) is 0 Å². The molecular weight excluding hydrogens is 292 g/mol. The summed E-state index contributed by atoms with van der Waals surface area (Å²) in [5.74, 6) is -0.335. The van der Waals surface area contributed by atoms with E-state index in [1.54, 1.807) is 19.1 Å². The Morgan fingerprint density at radius 2 is 1.86 bits per heavy atom. The standard InChI is InChI=1S/C15H22O5S/c1-4-5-10-19-13(3)20-14-6-8-15(9-7-14)21(17,18)11-12(2)16/h6-9,13H,4-5,10-11H2,1-3H3. The lowest BCUT2D eigenvalue weighted by atomic mass is 10.3. The molecule has 0 aliphatic rings. The van der Waals surface area contributed by atoms with Crippen LogP contribution in [-0.2, 0) is 19.4 Å². The topological polar surface area (TPSA) is 69.7 Å². The molecule has 21 heavy (non-hydrogen) atoms. The number of benzene rings is 1. The second-order valence-electron chi connectivity index (χ2n) is 4.84. The summed E-state index contributed by atoms with van der Waals surface area (Å²) in [7, 11) is -3.56. The van der Waals surface area contributed by atoms with Gasteiger partial charge in [-0.25, -0.2) is 8.42 Å². The van der Waals surface area contributed by atoms with Crippen molar-refractivity contribution in [2.75, 3.05) is 12.4 Å². The Balaban J connectivity index is 2.64. The maximum absolute atomic E-state index is 11.9. The highest BCUT2D eigenvalue weighted by Gasteiger charge is 2.17. The molecule has 5 nitrogen and oxygen atoms in total. The molecule has 0 bridgehead atoms. The summed E-state index contributed by atoms with van der Waals surface area (Å²) in [6, 6.07) is 6.00. The summed E-state index contributed by atoms with van der Waals surface area (Å²) in [6.07, 6.45) is 1.63. The van der Waals surface area contributed by atoms with E-state index < -0.39 is 21.9 Å². The van der Waals surface area contributed by atoms with E-state index in [1.165, 1.54) is 19.1 Å². The molecule has 0 radical (unpaired) electrons. The SMILES string of the molecule is CCCCOC(C)Oc1ccc(S(=O)(=O)CC(C)=O)cc1. The summed E-state index contributed by atoms with van der Waals surface area (Å²) in [4.78, 5) is 11.1. The van der Waals surface area contributed by atoms with Crippen LogP contribution in [0.25, 0.3) is 0 Å². The zero-order valence-electron chi connectivity index (χ0n) is 12.7. The molecule has 0 saturated carbocycles. The molecule has 118 valence electrons. The minimum atomic E-state index is -3.56. The first-order valence-corrected chi connectivity index (χ1v) is 8.61. The molecule has 1 aromatic carbocycles. The van der Waals surface area contributed by atoms with Crippen LogP contribution in [0.1, 0.15) is 33.6 Å². The third kappa shape index (κ3) is 6.27. The number of unbranched alkanes of at least 4 members (excludes halogenated alkanes) is 1. The number of hydrogen-bond donors (Lipinski definition) is 0. The van der Waals surface area contributed by atoms with Crippen LogP contribution in [0, 0.1) is 0 Å². The molecule has 0 aliphatic heterocycles. The third-order valence-electron chi connectivity index (χ3n) is 2.73. The van der Waals surface area contributed by atoms with Gasteiger partial charge in [0.25, 0.3) is 0 Å². The second-order valence-corrected chi connectivity index (χ2v) is 6.83. The zero-order chi connectivity index (χ0) is 15.9. The Hall–Kier alpha value is -1.40. The highest BCUT2D eigenvalue weighted by Crippen LogP contribution is 2.18.